The number of aromatic nitrogens is 2. The van der Waals surface area contributed by atoms with Crippen molar-refractivity contribution >= 4 is 44.6 Å². The van der Waals surface area contributed by atoms with Gasteiger partial charge in [0.1, 0.15) is 12.5 Å². The van der Waals surface area contributed by atoms with Gasteiger partial charge in [-0.15, -0.1) is 0 Å². The lowest BCUT2D eigenvalue weighted by atomic mass is 9.76. The molecule has 0 amide bonds. The second kappa shape index (κ2) is 11.9. The largest absolute Gasteiger partial charge is 0.321 e. The summed E-state index contributed by atoms with van der Waals surface area (Å²) in [6.07, 6.45) is 1.96. The van der Waals surface area contributed by atoms with Crippen molar-refractivity contribution in [3.05, 3.63) is 156 Å². The summed E-state index contributed by atoms with van der Waals surface area (Å²) in [7, 11) is 0. The van der Waals surface area contributed by atoms with Gasteiger partial charge in [0, 0.05) is 33.8 Å². The van der Waals surface area contributed by atoms with Gasteiger partial charge in [0.15, 0.2) is 0 Å². The molecule has 0 spiro atoms. The number of hydrogen-bond donors (Lipinski definition) is 0. The third-order valence-corrected chi connectivity index (χ3v) is 10.7. The number of fused-ring (bicyclic) bond motifs is 4. The van der Waals surface area contributed by atoms with E-state index >= 15 is 0 Å². The standard InChI is InChI=1S/C46H46N4/c1-31(2)32-25-35(27-37(26-32)49-30-48(36-15-9-8-10-16-36)41-19-13-14-20-42(41)49)46(6,7)34-21-22-39-38-17-11-12-18-40(38)50(43(39)28-34)44-29-33(23-24-47-44)45(3,4)5/h8-29,31H,30H2,1-7H3. The monoisotopic (exact) mass is 654 g/mol. The Bertz CT molecular complexity index is 2360. The van der Waals surface area contributed by atoms with Crippen LogP contribution in [-0.4, -0.2) is 16.2 Å². The molecule has 3 heterocycles. The highest BCUT2D eigenvalue weighted by Crippen LogP contribution is 2.46. The quantitative estimate of drug-likeness (QED) is 0.178. The molecule has 0 bridgehead atoms. The molecule has 8 rings (SSSR count). The Morgan fingerprint density at radius 1 is 0.560 bits per heavy atom. The van der Waals surface area contributed by atoms with Crippen molar-refractivity contribution in [2.24, 2.45) is 0 Å². The van der Waals surface area contributed by atoms with Crippen molar-refractivity contribution < 1.29 is 0 Å². The van der Waals surface area contributed by atoms with E-state index in [2.05, 4.69) is 190 Å². The van der Waals surface area contributed by atoms with Gasteiger partial charge in [-0.1, -0.05) is 115 Å². The summed E-state index contributed by atoms with van der Waals surface area (Å²) >= 11 is 0. The molecule has 2 aromatic heterocycles. The summed E-state index contributed by atoms with van der Waals surface area (Å²) in [5.74, 6) is 1.34. The zero-order valence-electron chi connectivity index (χ0n) is 30.3. The van der Waals surface area contributed by atoms with Crippen molar-refractivity contribution in [2.75, 3.05) is 16.5 Å². The number of benzene rings is 5. The van der Waals surface area contributed by atoms with E-state index in [4.69, 9.17) is 4.98 Å². The van der Waals surface area contributed by atoms with E-state index in [-0.39, 0.29) is 10.8 Å². The van der Waals surface area contributed by atoms with Crippen LogP contribution in [0, 0.1) is 0 Å². The molecule has 0 aliphatic carbocycles. The summed E-state index contributed by atoms with van der Waals surface area (Å²) in [6, 6.07) is 46.9. The summed E-state index contributed by atoms with van der Waals surface area (Å²) in [5, 5.41) is 2.49. The molecule has 0 saturated heterocycles. The van der Waals surface area contributed by atoms with Crippen LogP contribution >= 0.6 is 0 Å². The third-order valence-electron chi connectivity index (χ3n) is 10.7. The van der Waals surface area contributed by atoms with Gasteiger partial charge in [-0.25, -0.2) is 4.98 Å². The lowest BCUT2D eigenvalue weighted by Gasteiger charge is -2.30. The zero-order chi connectivity index (χ0) is 34.8. The van der Waals surface area contributed by atoms with Crippen LogP contribution in [0.25, 0.3) is 27.6 Å². The molecule has 7 aromatic rings. The molecule has 250 valence electrons. The minimum absolute atomic E-state index is 0.0245. The molecule has 1 aliphatic rings. The van der Waals surface area contributed by atoms with Crippen LogP contribution in [0.15, 0.2) is 134 Å². The molecule has 0 unspecified atom stereocenters. The number of hydrogen-bond acceptors (Lipinski definition) is 3. The average molecular weight is 655 g/mol. The third kappa shape index (κ3) is 5.35. The van der Waals surface area contributed by atoms with Gasteiger partial charge in [-0.05, 0) is 94.3 Å². The first-order valence-electron chi connectivity index (χ1n) is 17.9. The molecule has 4 nitrogen and oxygen atoms in total. The molecule has 0 atom stereocenters. The Balaban J connectivity index is 1.27. The Kier molecular flexibility index (Phi) is 7.60. The molecule has 0 fully saturated rings. The molecule has 0 radical (unpaired) electrons. The first-order chi connectivity index (χ1) is 24.0. The fraction of sp³-hybridized carbons (Fsp3) is 0.239. The molecule has 50 heavy (non-hydrogen) atoms. The predicted molar refractivity (Wildman–Crippen MR) is 212 cm³/mol. The maximum atomic E-state index is 4.93. The first kappa shape index (κ1) is 31.9. The normalized spacial score (nSPS) is 13.5. The summed E-state index contributed by atoms with van der Waals surface area (Å²) in [5.41, 5.74) is 12.2. The number of anilines is 4. The Morgan fingerprint density at radius 3 is 1.94 bits per heavy atom. The number of pyridine rings is 1. The molecule has 4 heteroatoms. The Labute approximate surface area is 296 Å². The van der Waals surface area contributed by atoms with Crippen molar-refractivity contribution in [2.45, 2.75) is 65.2 Å². The predicted octanol–water partition coefficient (Wildman–Crippen LogP) is 12.2. The highest BCUT2D eigenvalue weighted by Gasteiger charge is 2.31. The van der Waals surface area contributed by atoms with Crippen molar-refractivity contribution in [1.82, 2.24) is 9.55 Å². The first-order valence-corrected chi connectivity index (χ1v) is 17.9. The Hall–Kier alpha value is -5.35. The maximum absolute atomic E-state index is 4.93. The van der Waals surface area contributed by atoms with E-state index in [1.165, 1.54) is 66.8 Å². The maximum Gasteiger partial charge on any atom is 0.137 e. The van der Waals surface area contributed by atoms with Crippen LogP contribution in [0.5, 0.6) is 0 Å². The second-order valence-electron chi connectivity index (χ2n) is 15.7. The highest BCUT2D eigenvalue weighted by atomic mass is 15.4. The van der Waals surface area contributed by atoms with Crippen molar-refractivity contribution in [3.63, 3.8) is 0 Å². The lowest BCUT2D eigenvalue weighted by Crippen LogP contribution is -2.25. The lowest BCUT2D eigenvalue weighted by molar-refractivity contribution is 0.588. The smallest absolute Gasteiger partial charge is 0.137 e. The molecule has 0 saturated carbocycles. The van der Waals surface area contributed by atoms with Crippen LogP contribution in [0.4, 0.5) is 22.7 Å². The topological polar surface area (TPSA) is 24.3 Å². The summed E-state index contributed by atoms with van der Waals surface area (Å²) in [4.78, 5) is 9.82. The van der Waals surface area contributed by atoms with E-state index in [0.29, 0.717) is 5.92 Å². The van der Waals surface area contributed by atoms with E-state index in [1.54, 1.807) is 0 Å². The van der Waals surface area contributed by atoms with Crippen LogP contribution in [0.1, 0.15) is 76.6 Å². The number of rotatable bonds is 6. The van der Waals surface area contributed by atoms with E-state index in [0.717, 1.165) is 12.5 Å². The van der Waals surface area contributed by atoms with Gasteiger partial charge in [0.05, 0.1) is 22.4 Å². The summed E-state index contributed by atoms with van der Waals surface area (Å²) in [6.45, 7) is 16.9. The SMILES string of the molecule is CC(C)c1cc(N2CN(c3ccccc3)c3ccccc32)cc(C(C)(C)c2ccc3c4ccccc4n(-c4cc(C(C)(C)C)ccn4)c3c2)c1. The minimum Gasteiger partial charge on any atom is -0.321 e. The molecule has 1 aliphatic heterocycles. The average Bonchev–Trinajstić information content (AvgIpc) is 3.68. The van der Waals surface area contributed by atoms with Crippen LogP contribution < -0.4 is 9.80 Å². The van der Waals surface area contributed by atoms with Crippen molar-refractivity contribution in [1.29, 1.82) is 0 Å². The van der Waals surface area contributed by atoms with Gasteiger partial charge in [0.2, 0.25) is 0 Å². The fourth-order valence-corrected chi connectivity index (χ4v) is 7.53. The summed E-state index contributed by atoms with van der Waals surface area (Å²) < 4.78 is 2.36. The van der Waals surface area contributed by atoms with Gasteiger partial charge in [-0.3, -0.25) is 4.57 Å². The van der Waals surface area contributed by atoms with Crippen LogP contribution in [0.2, 0.25) is 0 Å². The van der Waals surface area contributed by atoms with Gasteiger partial charge in [-0.2, -0.15) is 0 Å². The molecule has 0 N–H and O–H groups in total. The molecular weight excluding hydrogens is 609 g/mol. The van der Waals surface area contributed by atoms with Gasteiger partial charge < -0.3 is 9.80 Å². The molecular formula is C46H46N4. The van der Waals surface area contributed by atoms with E-state index in [1.807, 2.05) is 6.20 Å². The van der Waals surface area contributed by atoms with Crippen LogP contribution in [0.3, 0.4) is 0 Å². The van der Waals surface area contributed by atoms with Gasteiger partial charge in [0.25, 0.3) is 0 Å². The molecule has 5 aromatic carbocycles. The second-order valence-corrected chi connectivity index (χ2v) is 15.7. The highest BCUT2D eigenvalue weighted by molar-refractivity contribution is 6.09. The van der Waals surface area contributed by atoms with Gasteiger partial charge >= 0.3 is 0 Å². The van der Waals surface area contributed by atoms with Crippen LogP contribution in [-0.2, 0) is 10.8 Å². The van der Waals surface area contributed by atoms with E-state index < -0.39 is 0 Å². The van der Waals surface area contributed by atoms with Crippen molar-refractivity contribution in [3.8, 4) is 5.82 Å². The Morgan fingerprint density at radius 2 is 1.22 bits per heavy atom. The fourth-order valence-electron chi connectivity index (χ4n) is 7.53. The minimum atomic E-state index is -0.270. The van der Waals surface area contributed by atoms with E-state index in [9.17, 15) is 0 Å². The number of para-hydroxylation sites is 4. The zero-order valence-corrected chi connectivity index (χ0v) is 30.3. The number of nitrogens with zero attached hydrogens (tertiary/aromatic N) is 4.